The fourth-order valence-electron chi connectivity index (χ4n) is 5.30. The van der Waals surface area contributed by atoms with Crippen LogP contribution in [-0.4, -0.2) is 6.16 Å². The summed E-state index contributed by atoms with van der Waals surface area (Å²) in [4.78, 5) is 0. The Labute approximate surface area is 215 Å². The van der Waals surface area contributed by atoms with Crippen molar-refractivity contribution in [3.8, 4) is 22.3 Å². The molecule has 0 amide bonds. The van der Waals surface area contributed by atoms with Gasteiger partial charge >= 0.3 is 0 Å². The van der Waals surface area contributed by atoms with E-state index >= 15 is 0 Å². The van der Waals surface area contributed by atoms with E-state index in [1.165, 1.54) is 67.2 Å². The van der Waals surface area contributed by atoms with E-state index in [0.717, 1.165) is 15.0 Å². The van der Waals surface area contributed by atoms with E-state index in [4.69, 9.17) is 0 Å². The average Bonchev–Trinajstić information content (AvgIpc) is 2.95. The van der Waals surface area contributed by atoms with Crippen LogP contribution in [0.3, 0.4) is 0 Å². The second kappa shape index (κ2) is 10.5. The van der Waals surface area contributed by atoms with Crippen LogP contribution in [-0.2, 0) is 6.42 Å². The lowest BCUT2D eigenvalue weighted by atomic mass is 9.93. The molecule has 0 saturated heterocycles. The van der Waals surface area contributed by atoms with Crippen LogP contribution in [0.15, 0.2) is 133 Å². The third-order valence-electron chi connectivity index (χ3n) is 7.04. The molecule has 0 spiro atoms. The molecule has 6 aromatic carbocycles. The molecular formula is C35H29P. The van der Waals surface area contributed by atoms with E-state index in [0.29, 0.717) is 0 Å². The zero-order chi connectivity index (χ0) is 24.2. The zero-order valence-corrected chi connectivity index (χ0v) is 21.3. The molecule has 0 saturated carbocycles. The maximum Gasteiger partial charge on any atom is -0.00991 e. The molecule has 0 radical (unpaired) electrons. The maximum atomic E-state index is 2.32. The second-order valence-corrected chi connectivity index (χ2v) is 10.7. The average molecular weight is 481 g/mol. The largest absolute Gasteiger partial charge is 0.0897 e. The number of hydrogen-bond acceptors (Lipinski definition) is 0. The predicted molar refractivity (Wildman–Crippen MR) is 160 cm³/mol. The molecule has 6 rings (SSSR count). The number of rotatable bonds is 7. The molecule has 0 bridgehead atoms. The third kappa shape index (κ3) is 4.58. The highest BCUT2D eigenvalue weighted by molar-refractivity contribution is 7.47. The van der Waals surface area contributed by atoms with Crippen LogP contribution in [0.2, 0.25) is 0 Å². The summed E-state index contributed by atoms with van der Waals surface area (Å²) in [5.74, 6) is 0. The third-order valence-corrected chi connectivity index (χ3v) is 8.46. The minimum atomic E-state index is 0.799. The minimum absolute atomic E-state index is 0.799. The molecule has 0 aliphatic heterocycles. The van der Waals surface area contributed by atoms with Crippen LogP contribution >= 0.6 is 8.58 Å². The lowest BCUT2D eigenvalue weighted by Gasteiger charge is -2.14. The quantitative estimate of drug-likeness (QED) is 0.158. The molecule has 6 aromatic rings. The Morgan fingerprint density at radius 2 is 0.917 bits per heavy atom. The van der Waals surface area contributed by atoms with Crippen molar-refractivity contribution < 1.29 is 0 Å². The van der Waals surface area contributed by atoms with Crippen molar-refractivity contribution >= 4 is 35.4 Å². The van der Waals surface area contributed by atoms with Crippen LogP contribution in [0, 0.1) is 0 Å². The highest BCUT2D eigenvalue weighted by atomic mass is 31.1. The van der Waals surface area contributed by atoms with Gasteiger partial charge in [0.15, 0.2) is 0 Å². The van der Waals surface area contributed by atoms with E-state index in [2.05, 4.69) is 133 Å². The lowest BCUT2D eigenvalue weighted by molar-refractivity contribution is 0.934. The second-order valence-electron chi connectivity index (χ2n) is 9.29. The van der Waals surface area contributed by atoms with Gasteiger partial charge in [-0.1, -0.05) is 142 Å². The van der Waals surface area contributed by atoms with Crippen LogP contribution in [0.5, 0.6) is 0 Å². The van der Waals surface area contributed by atoms with Crippen molar-refractivity contribution in [2.75, 3.05) is 6.16 Å². The van der Waals surface area contributed by atoms with Gasteiger partial charge < -0.3 is 0 Å². The van der Waals surface area contributed by atoms with Gasteiger partial charge in [0.05, 0.1) is 0 Å². The lowest BCUT2D eigenvalue weighted by Crippen LogP contribution is -2.02. The van der Waals surface area contributed by atoms with E-state index in [-0.39, 0.29) is 0 Å². The zero-order valence-electron chi connectivity index (χ0n) is 20.3. The molecule has 1 unspecified atom stereocenters. The van der Waals surface area contributed by atoms with Gasteiger partial charge in [0.1, 0.15) is 0 Å². The molecule has 1 atom stereocenters. The molecule has 0 aromatic heterocycles. The fourth-order valence-corrected chi connectivity index (χ4v) is 6.54. The molecule has 0 N–H and O–H groups in total. The Morgan fingerprint density at radius 3 is 1.64 bits per heavy atom. The Hall–Kier alpha value is -3.73. The highest BCUT2D eigenvalue weighted by Gasteiger charge is 2.10. The maximum absolute atomic E-state index is 2.32. The molecule has 0 aliphatic carbocycles. The van der Waals surface area contributed by atoms with Crippen molar-refractivity contribution in [1.82, 2.24) is 0 Å². The van der Waals surface area contributed by atoms with Crippen LogP contribution < -0.4 is 5.30 Å². The molecule has 1 heteroatoms. The topological polar surface area (TPSA) is 0 Å². The summed E-state index contributed by atoms with van der Waals surface area (Å²) in [6.45, 7) is 0. The fraction of sp³-hybridized carbons (Fsp3) is 0.0857. The normalized spacial score (nSPS) is 11.6. The summed E-state index contributed by atoms with van der Waals surface area (Å²) >= 11 is 0. The van der Waals surface area contributed by atoms with E-state index in [9.17, 15) is 0 Å². The first kappa shape index (κ1) is 22.7. The monoisotopic (exact) mass is 480 g/mol. The van der Waals surface area contributed by atoms with Gasteiger partial charge in [0.25, 0.3) is 0 Å². The molecule has 0 heterocycles. The SMILES string of the molecule is c1ccc(-c2cccc3ccccc23)c(CCCPc2ccccc2-c2cccc3ccccc23)c1. The van der Waals surface area contributed by atoms with E-state index < -0.39 is 0 Å². The van der Waals surface area contributed by atoms with Gasteiger partial charge in [-0.2, -0.15) is 0 Å². The van der Waals surface area contributed by atoms with E-state index in [1.54, 1.807) is 0 Å². The Kier molecular flexibility index (Phi) is 6.62. The Morgan fingerprint density at radius 1 is 0.417 bits per heavy atom. The number of benzene rings is 6. The van der Waals surface area contributed by atoms with Gasteiger partial charge in [0, 0.05) is 0 Å². The van der Waals surface area contributed by atoms with Crippen LogP contribution in [0.25, 0.3) is 43.8 Å². The van der Waals surface area contributed by atoms with Crippen molar-refractivity contribution in [2.24, 2.45) is 0 Å². The summed E-state index contributed by atoms with van der Waals surface area (Å²) in [6.07, 6.45) is 3.48. The highest BCUT2D eigenvalue weighted by Crippen LogP contribution is 2.33. The van der Waals surface area contributed by atoms with E-state index in [1.807, 2.05) is 0 Å². The van der Waals surface area contributed by atoms with Gasteiger partial charge in [-0.15, -0.1) is 0 Å². The molecule has 174 valence electrons. The minimum Gasteiger partial charge on any atom is -0.0897 e. The number of hydrogen-bond donors (Lipinski definition) is 0. The van der Waals surface area contributed by atoms with Gasteiger partial charge in [-0.05, 0) is 73.7 Å². The summed E-state index contributed by atoms with van der Waals surface area (Å²) < 4.78 is 0. The molecule has 36 heavy (non-hydrogen) atoms. The van der Waals surface area contributed by atoms with Gasteiger partial charge in [-0.25, -0.2) is 0 Å². The first-order valence-corrected chi connectivity index (χ1v) is 14.0. The molecule has 0 aliphatic rings. The van der Waals surface area contributed by atoms with Crippen molar-refractivity contribution in [2.45, 2.75) is 12.8 Å². The number of aryl methyl sites for hydroxylation is 1. The molecule has 0 fully saturated rings. The van der Waals surface area contributed by atoms with Crippen LogP contribution in [0.4, 0.5) is 0 Å². The number of fused-ring (bicyclic) bond motifs is 2. The van der Waals surface area contributed by atoms with Gasteiger partial charge in [0.2, 0.25) is 0 Å². The first-order valence-electron chi connectivity index (χ1n) is 12.8. The Bertz CT molecular complexity index is 1510. The smallest absolute Gasteiger partial charge is 0.00991 e. The molecule has 0 nitrogen and oxygen atoms in total. The van der Waals surface area contributed by atoms with Crippen molar-refractivity contribution in [1.29, 1.82) is 0 Å². The summed E-state index contributed by atoms with van der Waals surface area (Å²) in [5, 5.41) is 6.74. The first-order chi connectivity index (χ1) is 17.9. The molecular weight excluding hydrogens is 451 g/mol. The summed E-state index contributed by atoms with van der Waals surface area (Å²) in [6, 6.07) is 48.7. The summed E-state index contributed by atoms with van der Waals surface area (Å²) in [5.41, 5.74) is 6.88. The van der Waals surface area contributed by atoms with Crippen molar-refractivity contribution in [3.63, 3.8) is 0 Å². The van der Waals surface area contributed by atoms with Crippen LogP contribution in [0.1, 0.15) is 12.0 Å². The van der Waals surface area contributed by atoms with Gasteiger partial charge in [-0.3, -0.25) is 0 Å². The summed E-state index contributed by atoms with van der Waals surface area (Å²) in [7, 11) is 0.799. The Balaban J connectivity index is 1.21. The predicted octanol–water partition coefficient (Wildman–Crippen LogP) is 9.26. The van der Waals surface area contributed by atoms with Crippen molar-refractivity contribution in [3.05, 3.63) is 139 Å². The standard InChI is InChI=1S/C35H29P/c1-4-18-29-26(12-1)15-9-22-32(29)30-19-5-3-14-28(30)17-11-25-36-35-24-8-7-21-34(35)33-23-10-16-27-13-2-6-20-31(27)33/h1-10,12-16,18-24,36H,11,17,25H2.